The molecule has 18 heavy (non-hydrogen) atoms. The van der Waals surface area contributed by atoms with Crippen LogP contribution in [0.4, 0.5) is 0 Å². The summed E-state index contributed by atoms with van der Waals surface area (Å²) in [6, 6.07) is 6.32. The zero-order valence-corrected chi connectivity index (χ0v) is 12.5. The highest BCUT2D eigenvalue weighted by Gasteiger charge is 2.23. The fraction of sp³-hybridized carbons (Fsp3) is 0.333. The molecule has 0 unspecified atom stereocenters. The summed E-state index contributed by atoms with van der Waals surface area (Å²) in [6.45, 7) is 8.93. The number of rotatable bonds is 4. The van der Waals surface area contributed by atoms with Crippen molar-refractivity contribution in [2.75, 3.05) is 6.54 Å². The Morgan fingerprint density at radius 3 is 2.78 bits per heavy atom. The second-order valence-electron chi connectivity index (χ2n) is 5.13. The fourth-order valence-corrected chi connectivity index (χ4v) is 2.64. The lowest BCUT2D eigenvalue weighted by molar-refractivity contribution is 0.642. The van der Waals surface area contributed by atoms with Gasteiger partial charge in [0.25, 0.3) is 0 Å². The van der Waals surface area contributed by atoms with Gasteiger partial charge >= 0.3 is 0 Å². The van der Waals surface area contributed by atoms with Crippen molar-refractivity contribution in [3.63, 3.8) is 0 Å². The number of H-pyrrole nitrogens is 1. The Labute approximate surface area is 116 Å². The number of hydrogen-bond donors (Lipinski definition) is 2. The average Bonchev–Trinajstić information content (AvgIpc) is 2.68. The summed E-state index contributed by atoms with van der Waals surface area (Å²) >= 11 is 3.51. The van der Waals surface area contributed by atoms with Crippen LogP contribution in [0, 0.1) is 0 Å². The number of hydrogen-bond acceptors (Lipinski definition) is 1. The lowest BCUT2D eigenvalue weighted by atomic mass is 9.86. The van der Waals surface area contributed by atoms with E-state index in [0.717, 1.165) is 16.4 Å². The van der Waals surface area contributed by atoms with Crippen LogP contribution in [0.15, 0.2) is 35.3 Å². The standard InChI is InChI=1S/C15H19BrN2/c1-4-15(2,3)14-12(7-8-17)11-6-5-10(16)9-13(11)18-14/h4-6,9,18H,1,7-8,17H2,2-3H3. The molecule has 0 saturated heterocycles. The molecule has 0 radical (unpaired) electrons. The highest BCUT2D eigenvalue weighted by atomic mass is 79.9. The van der Waals surface area contributed by atoms with Gasteiger partial charge in [0.05, 0.1) is 0 Å². The summed E-state index contributed by atoms with van der Waals surface area (Å²) in [5.74, 6) is 0. The zero-order chi connectivity index (χ0) is 13.3. The molecule has 1 aromatic carbocycles. The van der Waals surface area contributed by atoms with E-state index in [1.807, 2.05) is 6.08 Å². The largest absolute Gasteiger partial charge is 0.357 e. The van der Waals surface area contributed by atoms with E-state index >= 15 is 0 Å². The second-order valence-corrected chi connectivity index (χ2v) is 6.05. The maximum absolute atomic E-state index is 5.75. The summed E-state index contributed by atoms with van der Waals surface area (Å²) in [5.41, 5.74) is 9.35. The summed E-state index contributed by atoms with van der Waals surface area (Å²) < 4.78 is 1.08. The van der Waals surface area contributed by atoms with E-state index < -0.39 is 0 Å². The minimum Gasteiger partial charge on any atom is -0.357 e. The molecule has 2 aromatic rings. The normalized spacial score (nSPS) is 12.0. The molecule has 1 aromatic heterocycles. The van der Waals surface area contributed by atoms with Crippen LogP contribution in [0.3, 0.4) is 0 Å². The summed E-state index contributed by atoms with van der Waals surface area (Å²) in [7, 11) is 0. The Hall–Kier alpha value is -1.06. The van der Waals surface area contributed by atoms with Crippen molar-refractivity contribution in [1.82, 2.24) is 4.98 Å². The van der Waals surface area contributed by atoms with Crippen molar-refractivity contribution in [3.05, 3.63) is 46.6 Å². The van der Waals surface area contributed by atoms with E-state index in [0.29, 0.717) is 6.54 Å². The Morgan fingerprint density at radius 2 is 2.17 bits per heavy atom. The fourth-order valence-electron chi connectivity index (χ4n) is 2.28. The van der Waals surface area contributed by atoms with Gasteiger partial charge in [0.2, 0.25) is 0 Å². The Balaban J connectivity index is 2.72. The van der Waals surface area contributed by atoms with E-state index in [1.165, 1.54) is 16.6 Å². The number of benzene rings is 1. The maximum atomic E-state index is 5.75. The molecule has 0 atom stereocenters. The molecule has 0 aliphatic rings. The van der Waals surface area contributed by atoms with Gasteiger partial charge in [-0.15, -0.1) is 6.58 Å². The van der Waals surface area contributed by atoms with Crippen LogP contribution in [0.5, 0.6) is 0 Å². The third-order valence-corrected chi connectivity index (χ3v) is 3.91. The quantitative estimate of drug-likeness (QED) is 0.827. The van der Waals surface area contributed by atoms with Crippen molar-refractivity contribution >= 4 is 26.8 Å². The predicted molar refractivity (Wildman–Crippen MR) is 82.0 cm³/mol. The van der Waals surface area contributed by atoms with Crippen LogP contribution in [0.25, 0.3) is 10.9 Å². The summed E-state index contributed by atoms with van der Waals surface area (Å²) in [4.78, 5) is 3.52. The predicted octanol–water partition coefficient (Wildman–Crippen LogP) is 3.90. The molecule has 3 N–H and O–H groups in total. The first-order valence-electron chi connectivity index (χ1n) is 6.14. The van der Waals surface area contributed by atoms with Crippen LogP contribution < -0.4 is 5.73 Å². The topological polar surface area (TPSA) is 41.8 Å². The monoisotopic (exact) mass is 306 g/mol. The molecule has 0 aliphatic heterocycles. The van der Waals surface area contributed by atoms with Crippen LogP contribution in [-0.2, 0) is 11.8 Å². The molecule has 96 valence electrons. The lowest BCUT2D eigenvalue weighted by Crippen LogP contribution is -2.17. The van der Waals surface area contributed by atoms with E-state index in [-0.39, 0.29) is 5.41 Å². The molecule has 3 heteroatoms. The molecular weight excluding hydrogens is 288 g/mol. The van der Waals surface area contributed by atoms with Crippen LogP contribution in [-0.4, -0.2) is 11.5 Å². The molecule has 2 rings (SSSR count). The van der Waals surface area contributed by atoms with Crippen molar-refractivity contribution in [1.29, 1.82) is 0 Å². The molecule has 0 fully saturated rings. The second kappa shape index (κ2) is 4.90. The lowest BCUT2D eigenvalue weighted by Gasteiger charge is -2.20. The first kappa shape index (κ1) is 13.4. The summed E-state index contributed by atoms with van der Waals surface area (Å²) in [5, 5.41) is 1.26. The van der Waals surface area contributed by atoms with Crippen molar-refractivity contribution in [2.45, 2.75) is 25.7 Å². The number of nitrogens with two attached hydrogens (primary N) is 1. The van der Waals surface area contributed by atoms with Crippen molar-refractivity contribution in [3.8, 4) is 0 Å². The van der Waals surface area contributed by atoms with Crippen LogP contribution in [0.2, 0.25) is 0 Å². The third kappa shape index (κ3) is 2.25. The number of allylic oxidation sites excluding steroid dienone is 1. The van der Waals surface area contributed by atoms with Crippen LogP contribution >= 0.6 is 15.9 Å². The number of aromatic amines is 1. The van der Waals surface area contributed by atoms with E-state index in [2.05, 4.69) is 59.5 Å². The maximum Gasteiger partial charge on any atom is 0.0470 e. The Kier molecular flexibility index (Phi) is 3.64. The smallest absolute Gasteiger partial charge is 0.0470 e. The first-order chi connectivity index (χ1) is 8.49. The number of nitrogens with one attached hydrogen (secondary N) is 1. The first-order valence-corrected chi connectivity index (χ1v) is 6.93. The van der Waals surface area contributed by atoms with E-state index in [4.69, 9.17) is 5.73 Å². The van der Waals surface area contributed by atoms with Gasteiger partial charge in [0, 0.05) is 26.5 Å². The average molecular weight is 307 g/mol. The number of fused-ring (bicyclic) bond motifs is 1. The van der Waals surface area contributed by atoms with Gasteiger partial charge in [-0.05, 0) is 30.7 Å². The molecule has 0 aliphatic carbocycles. The van der Waals surface area contributed by atoms with Crippen LogP contribution in [0.1, 0.15) is 25.1 Å². The van der Waals surface area contributed by atoms with Gasteiger partial charge in [-0.3, -0.25) is 0 Å². The minimum atomic E-state index is -0.0734. The molecule has 1 heterocycles. The van der Waals surface area contributed by atoms with Gasteiger partial charge in [-0.2, -0.15) is 0 Å². The highest BCUT2D eigenvalue weighted by Crippen LogP contribution is 2.33. The van der Waals surface area contributed by atoms with Gasteiger partial charge < -0.3 is 10.7 Å². The van der Waals surface area contributed by atoms with Crippen molar-refractivity contribution in [2.24, 2.45) is 5.73 Å². The number of halogens is 1. The molecule has 2 nitrogen and oxygen atoms in total. The molecular formula is C15H19BrN2. The van der Waals surface area contributed by atoms with Gasteiger partial charge in [-0.25, -0.2) is 0 Å². The Bertz CT molecular complexity index is 581. The zero-order valence-electron chi connectivity index (χ0n) is 10.9. The number of aromatic nitrogens is 1. The third-order valence-electron chi connectivity index (χ3n) is 3.42. The minimum absolute atomic E-state index is 0.0734. The molecule has 0 bridgehead atoms. The molecule has 0 saturated carbocycles. The van der Waals surface area contributed by atoms with Crippen molar-refractivity contribution < 1.29 is 0 Å². The van der Waals surface area contributed by atoms with Gasteiger partial charge in [0.1, 0.15) is 0 Å². The van der Waals surface area contributed by atoms with E-state index in [1.54, 1.807) is 0 Å². The summed E-state index contributed by atoms with van der Waals surface area (Å²) in [6.07, 6.45) is 2.86. The van der Waals surface area contributed by atoms with Gasteiger partial charge in [-0.1, -0.05) is 41.9 Å². The molecule has 0 amide bonds. The van der Waals surface area contributed by atoms with Gasteiger partial charge in [0.15, 0.2) is 0 Å². The molecule has 0 spiro atoms. The Morgan fingerprint density at radius 1 is 1.44 bits per heavy atom. The highest BCUT2D eigenvalue weighted by molar-refractivity contribution is 9.10. The SMILES string of the molecule is C=CC(C)(C)c1[nH]c2cc(Br)ccc2c1CCN. The van der Waals surface area contributed by atoms with E-state index in [9.17, 15) is 0 Å².